The van der Waals surface area contributed by atoms with Gasteiger partial charge in [-0.3, -0.25) is 4.90 Å². The van der Waals surface area contributed by atoms with Gasteiger partial charge in [-0.05, 0) is 59.5 Å². The van der Waals surface area contributed by atoms with Crippen molar-refractivity contribution in [3.63, 3.8) is 0 Å². The van der Waals surface area contributed by atoms with Crippen LogP contribution in [0.5, 0.6) is 0 Å². The van der Waals surface area contributed by atoms with Crippen molar-refractivity contribution in [1.82, 2.24) is 0 Å². The zero-order valence-corrected chi connectivity index (χ0v) is 19.1. The van der Waals surface area contributed by atoms with E-state index in [0.717, 1.165) is 28.5 Å². The van der Waals surface area contributed by atoms with E-state index >= 15 is 0 Å². The monoisotopic (exact) mass is 444 g/mol. The molecule has 0 saturated heterocycles. The molecule has 6 heteroatoms. The molecule has 0 aliphatic rings. The van der Waals surface area contributed by atoms with E-state index in [1.54, 1.807) is 36.1 Å². The van der Waals surface area contributed by atoms with Crippen molar-refractivity contribution in [2.75, 3.05) is 30.5 Å². The standard InChI is InChI=1S/C27H28N2O4/c1-4-33-27(32)29(25-7-5-6-20(18-25)10-17-26(30)31)19-21-8-11-22(12-9-21)23-13-15-24(16-14-23)28(2)3/h5-18H,4,19H2,1-3H3,(H,30,31)/b17-10+. The summed E-state index contributed by atoms with van der Waals surface area (Å²) in [6, 6.07) is 23.5. The fraction of sp³-hybridized carbons (Fsp3) is 0.185. The predicted octanol–water partition coefficient (Wildman–Crippen LogP) is 5.68. The minimum absolute atomic E-state index is 0.260. The van der Waals surface area contributed by atoms with Gasteiger partial charge >= 0.3 is 12.1 Å². The van der Waals surface area contributed by atoms with Crippen LogP contribution in [0.2, 0.25) is 0 Å². The van der Waals surface area contributed by atoms with E-state index < -0.39 is 12.1 Å². The minimum atomic E-state index is -1.03. The smallest absolute Gasteiger partial charge is 0.414 e. The highest BCUT2D eigenvalue weighted by Crippen LogP contribution is 2.25. The molecule has 0 aliphatic heterocycles. The predicted molar refractivity (Wildman–Crippen MR) is 133 cm³/mol. The summed E-state index contributed by atoms with van der Waals surface area (Å²) in [5.74, 6) is -1.03. The summed E-state index contributed by atoms with van der Waals surface area (Å²) in [6.07, 6.45) is 2.10. The third-order valence-corrected chi connectivity index (χ3v) is 5.10. The molecule has 0 bridgehead atoms. The van der Waals surface area contributed by atoms with Gasteiger partial charge < -0.3 is 14.7 Å². The SMILES string of the molecule is CCOC(=O)N(Cc1ccc(-c2ccc(N(C)C)cc2)cc1)c1cccc(/C=C/C(=O)O)c1. The Morgan fingerprint density at radius 1 is 0.909 bits per heavy atom. The Kier molecular flexibility index (Phi) is 7.86. The number of carbonyl (C=O) groups is 2. The molecule has 1 N–H and O–H groups in total. The van der Waals surface area contributed by atoms with Gasteiger partial charge in [-0.25, -0.2) is 9.59 Å². The van der Waals surface area contributed by atoms with Crippen molar-refractivity contribution in [1.29, 1.82) is 0 Å². The molecule has 3 aromatic rings. The van der Waals surface area contributed by atoms with Crippen molar-refractivity contribution < 1.29 is 19.4 Å². The molecule has 0 fully saturated rings. The van der Waals surface area contributed by atoms with Crippen LogP contribution < -0.4 is 9.80 Å². The van der Waals surface area contributed by atoms with Gasteiger partial charge in [0.2, 0.25) is 0 Å². The molecule has 3 aromatic carbocycles. The summed E-state index contributed by atoms with van der Waals surface area (Å²) in [4.78, 5) is 27.1. The van der Waals surface area contributed by atoms with Crippen LogP contribution in [0, 0.1) is 0 Å². The van der Waals surface area contributed by atoms with Crippen LogP contribution >= 0.6 is 0 Å². The zero-order valence-electron chi connectivity index (χ0n) is 19.1. The second-order valence-electron chi connectivity index (χ2n) is 7.69. The van der Waals surface area contributed by atoms with Crippen LogP contribution in [-0.2, 0) is 16.1 Å². The first kappa shape index (κ1) is 23.6. The van der Waals surface area contributed by atoms with Crippen LogP contribution in [0.15, 0.2) is 78.9 Å². The maximum Gasteiger partial charge on any atom is 0.414 e. The van der Waals surface area contributed by atoms with Gasteiger partial charge in [-0.1, -0.05) is 48.5 Å². The number of carboxylic acids is 1. The van der Waals surface area contributed by atoms with Gasteiger partial charge in [0.25, 0.3) is 0 Å². The first-order chi connectivity index (χ1) is 15.9. The lowest BCUT2D eigenvalue weighted by atomic mass is 10.0. The highest BCUT2D eigenvalue weighted by molar-refractivity contribution is 5.89. The summed E-state index contributed by atoms with van der Waals surface area (Å²) >= 11 is 0. The molecule has 0 heterocycles. The van der Waals surface area contributed by atoms with Crippen LogP contribution in [-0.4, -0.2) is 37.9 Å². The molecule has 0 unspecified atom stereocenters. The zero-order chi connectivity index (χ0) is 23.8. The molecule has 0 atom stereocenters. The largest absolute Gasteiger partial charge is 0.478 e. The molecular weight excluding hydrogens is 416 g/mol. The molecule has 6 nitrogen and oxygen atoms in total. The first-order valence-electron chi connectivity index (χ1n) is 10.7. The topological polar surface area (TPSA) is 70.1 Å². The lowest BCUT2D eigenvalue weighted by molar-refractivity contribution is -0.131. The molecule has 0 aromatic heterocycles. The maximum atomic E-state index is 12.7. The lowest BCUT2D eigenvalue weighted by Gasteiger charge is -2.22. The number of anilines is 2. The van der Waals surface area contributed by atoms with E-state index in [2.05, 4.69) is 29.2 Å². The number of ether oxygens (including phenoxy) is 1. The third-order valence-electron chi connectivity index (χ3n) is 5.10. The Labute approximate surface area is 194 Å². The molecule has 33 heavy (non-hydrogen) atoms. The number of aliphatic carboxylic acids is 1. The normalized spacial score (nSPS) is 10.8. The van der Waals surface area contributed by atoms with Crippen LogP contribution in [0.4, 0.5) is 16.2 Å². The summed E-state index contributed by atoms with van der Waals surface area (Å²) in [7, 11) is 4.02. The van der Waals surface area contributed by atoms with Gasteiger partial charge in [-0.2, -0.15) is 0 Å². The Morgan fingerprint density at radius 2 is 1.55 bits per heavy atom. The van der Waals surface area contributed by atoms with E-state index in [0.29, 0.717) is 17.8 Å². The molecule has 1 amide bonds. The number of hydrogen-bond donors (Lipinski definition) is 1. The third kappa shape index (κ3) is 6.46. The minimum Gasteiger partial charge on any atom is -0.478 e. The second kappa shape index (κ2) is 11.0. The second-order valence-corrected chi connectivity index (χ2v) is 7.69. The Balaban J connectivity index is 1.83. The number of amides is 1. The summed E-state index contributed by atoms with van der Waals surface area (Å²) < 4.78 is 5.26. The molecule has 0 saturated carbocycles. The van der Waals surface area contributed by atoms with Crippen molar-refractivity contribution in [2.45, 2.75) is 13.5 Å². The van der Waals surface area contributed by atoms with E-state index in [1.165, 1.54) is 6.08 Å². The molecule has 3 rings (SSSR count). The van der Waals surface area contributed by atoms with Gasteiger partial charge in [0.15, 0.2) is 0 Å². The van der Waals surface area contributed by atoms with Crippen LogP contribution in [0.1, 0.15) is 18.1 Å². The lowest BCUT2D eigenvalue weighted by Crippen LogP contribution is -2.31. The van der Waals surface area contributed by atoms with E-state index in [-0.39, 0.29) is 6.61 Å². The summed E-state index contributed by atoms with van der Waals surface area (Å²) in [5.41, 5.74) is 5.61. The number of benzene rings is 3. The Morgan fingerprint density at radius 3 is 2.12 bits per heavy atom. The van der Waals surface area contributed by atoms with Crippen LogP contribution in [0.3, 0.4) is 0 Å². The molecule has 170 valence electrons. The van der Waals surface area contributed by atoms with Crippen LogP contribution in [0.25, 0.3) is 17.2 Å². The number of rotatable bonds is 8. The van der Waals surface area contributed by atoms with E-state index in [4.69, 9.17) is 9.84 Å². The maximum absolute atomic E-state index is 12.7. The number of hydrogen-bond acceptors (Lipinski definition) is 4. The van der Waals surface area contributed by atoms with E-state index in [9.17, 15) is 9.59 Å². The molecule has 0 radical (unpaired) electrons. The van der Waals surface area contributed by atoms with Gasteiger partial charge in [0.05, 0.1) is 13.2 Å². The number of nitrogens with zero attached hydrogens (tertiary/aromatic N) is 2. The van der Waals surface area contributed by atoms with Crippen molar-refractivity contribution in [2.24, 2.45) is 0 Å². The summed E-state index contributed by atoms with van der Waals surface area (Å²) in [5, 5.41) is 8.88. The quantitative estimate of drug-likeness (QED) is 0.453. The number of carbonyl (C=O) groups excluding carboxylic acids is 1. The molecule has 0 aliphatic carbocycles. The summed E-state index contributed by atoms with van der Waals surface area (Å²) in [6.45, 7) is 2.35. The Hall–Kier alpha value is -4.06. The fourth-order valence-corrected chi connectivity index (χ4v) is 3.36. The van der Waals surface area contributed by atoms with Gasteiger partial charge in [0, 0.05) is 31.5 Å². The average Bonchev–Trinajstić information content (AvgIpc) is 2.82. The highest BCUT2D eigenvalue weighted by Gasteiger charge is 2.18. The number of carboxylic acid groups (broad SMARTS) is 1. The first-order valence-corrected chi connectivity index (χ1v) is 10.7. The molecule has 0 spiro atoms. The van der Waals surface area contributed by atoms with Crippen molar-refractivity contribution >= 4 is 29.5 Å². The average molecular weight is 445 g/mol. The van der Waals surface area contributed by atoms with Gasteiger partial charge in [0.1, 0.15) is 0 Å². The van der Waals surface area contributed by atoms with Crippen molar-refractivity contribution in [3.8, 4) is 11.1 Å². The van der Waals surface area contributed by atoms with Crippen molar-refractivity contribution in [3.05, 3.63) is 90.0 Å². The van der Waals surface area contributed by atoms with E-state index in [1.807, 2.05) is 38.4 Å². The fourth-order valence-electron chi connectivity index (χ4n) is 3.36. The molecular formula is C27H28N2O4. The van der Waals surface area contributed by atoms with Gasteiger partial charge in [-0.15, -0.1) is 0 Å². The highest BCUT2D eigenvalue weighted by atomic mass is 16.6. The Bertz CT molecular complexity index is 1120.